The predicted octanol–water partition coefficient (Wildman–Crippen LogP) is 5.83. The first-order valence-corrected chi connectivity index (χ1v) is 11.7. The molecule has 9 nitrogen and oxygen atoms in total. The van der Waals surface area contributed by atoms with Crippen molar-refractivity contribution in [1.29, 1.82) is 5.41 Å². The van der Waals surface area contributed by atoms with Crippen LogP contribution in [0.15, 0.2) is 65.8 Å². The van der Waals surface area contributed by atoms with Gasteiger partial charge in [-0.3, -0.25) is 5.41 Å². The smallest absolute Gasteiger partial charge is 0.338 e. The van der Waals surface area contributed by atoms with Crippen LogP contribution in [-0.2, 0) is 25.6 Å². The minimum absolute atomic E-state index is 0.0966. The molecule has 12 heteroatoms. The molecule has 3 rings (SSSR count). The molecular weight excluding hydrogens is 519 g/mol. The van der Waals surface area contributed by atoms with Crippen molar-refractivity contribution in [3.8, 4) is 0 Å². The summed E-state index contributed by atoms with van der Waals surface area (Å²) >= 11 is 17.3. The molecule has 0 saturated carbocycles. The van der Waals surface area contributed by atoms with Crippen molar-refractivity contribution in [1.82, 2.24) is 0 Å². The molecule has 0 spiro atoms. The zero-order valence-electron chi connectivity index (χ0n) is 18.6. The zero-order valence-corrected chi connectivity index (χ0v) is 20.9. The Hall–Kier alpha value is -2.52. The number of carbonyl (C=O) groups is 1. The molecule has 2 unspecified atom stereocenters. The Morgan fingerprint density at radius 3 is 2.34 bits per heavy atom. The molecule has 1 saturated heterocycles. The number of benzene rings is 2. The van der Waals surface area contributed by atoms with Crippen LogP contribution in [-0.4, -0.2) is 46.8 Å². The van der Waals surface area contributed by atoms with Crippen LogP contribution in [0.3, 0.4) is 0 Å². The van der Waals surface area contributed by atoms with Gasteiger partial charge >= 0.3 is 5.97 Å². The number of esters is 1. The summed E-state index contributed by atoms with van der Waals surface area (Å²) in [6.45, 7) is 2.19. The minimum Gasteiger partial charge on any atom is -0.458 e. The number of carbonyl (C=O) groups excluding carboxylic acids is 1. The first kappa shape index (κ1) is 27.1. The lowest BCUT2D eigenvalue weighted by Gasteiger charge is -2.43. The Morgan fingerprint density at radius 1 is 1.11 bits per heavy atom. The van der Waals surface area contributed by atoms with Gasteiger partial charge in [-0.1, -0.05) is 95.4 Å². The van der Waals surface area contributed by atoms with Crippen molar-refractivity contribution in [3.63, 3.8) is 0 Å². The van der Waals surface area contributed by atoms with Crippen molar-refractivity contribution in [2.45, 2.75) is 41.9 Å². The van der Waals surface area contributed by atoms with Crippen molar-refractivity contribution >= 4 is 46.7 Å². The zero-order chi connectivity index (χ0) is 25.4. The van der Waals surface area contributed by atoms with E-state index < -0.39 is 46.1 Å². The Morgan fingerprint density at radius 2 is 1.74 bits per heavy atom. The van der Waals surface area contributed by atoms with E-state index in [2.05, 4.69) is 10.0 Å². The molecule has 2 aromatic rings. The predicted molar refractivity (Wildman–Crippen MR) is 132 cm³/mol. The van der Waals surface area contributed by atoms with E-state index in [1.807, 2.05) is 30.3 Å². The minimum atomic E-state index is -2.18. The second kappa shape index (κ2) is 12.4. The SMILES string of the molecule is C[C@H]1C(COCc2ccccc2)O[C@@H](OC(=N)C(Cl)(Cl)Cl)C(N=[N+]=[N-])[C@H]1OC(=O)c1ccccc1. The molecule has 0 aromatic heterocycles. The summed E-state index contributed by atoms with van der Waals surface area (Å²) in [5.74, 6) is -1.84. The first-order chi connectivity index (χ1) is 16.7. The van der Waals surface area contributed by atoms with Crippen molar-refractivity contribution in [2.75, 3.05) is 6.61 Å². The van der Waals surface area contributed by atoms with Gasteiger partial charge < -0.3 is 18.9 Å². The number of halogens is 3. The third-order valence-electron chi connectivity index (χ3n) is 5.35. The fourth-order valence-electron chi connectivity index (χ4n) is 3.52. The quantitative estimate of drug-likeness (QED) is 0.0855. The molecule has 1 aliphatic rings. The summed E-state index contributed by atoms with van der Waals surface area (Å²) in [7, 11) is 0. The van der Waals surface area contributed by atoms with E-state index in [0.29, 0.717) is 12.2 Å². The fraction of sp³-hybridized carbons (Fsp3) is 0.391. The Balaban J connectivity index is 1.83. The number of rotatable bonds is 8. The van der Waals surface area contributed by atoms with Gasteiger partial charge in [0.25, 0.3) is 3.79 Å². The van der Waals surface area contributed by atoms with Gasteiger partial charge in [0, 0.05) is 10.8 Å². The summed E-state index contributed by atoms with van der Waals surface area (Å²) in [5, 5.41) is 11.7. The molecular formula is C23H23Cl3N4O5. The molecule has 0 aliphatic carbocycles. The van der Waals surface area contributed by atoms with E-state index in [-0.39, 0.29) is 6.61 Å². The van der Waals surface area contributed by atoms with Crippen LogP contribution in [0.2, 0.25) is 0 Å². The van der Waals surface area contributed by atoms with E-state index in [1.54, 1.807) is 37.3 Å². The van der Waals surface area contributed by atoms with Crippen LogP contribution < -0.4 is 0 Å². The molecule has 0 amide bonds. The highest BCUT2D eigenvalue weighted by atomic mass is 35.6. The number of azide groups is 1. The van der Waals surface area contributed by atoms with Crippen LogP contribution in [0.1, 0.15) is 22.8 Å². The summed E-state index contributed by atoms with van der Waals surface area (Å²) in [6, 6.07) is 16.7. The van der Waals surface area contributed by atoms with Gasteiger partial charge in [0.1, 0.15) is 12.1 Å². The monoisotopic (exact) mass is 540 g/mol. The number of nitrogens with one attached hydrogen (secondary N) is 1. The molecule has 35 heavy (non-hydrogen) atoms. The van der Waals surface area contributed by atoms with Crippen LogP contribution in [0.5, 0.6) is 0 Å². The Labute approximate surface area is 217 Å². The van der Waals surface area contributed by atoms with Crippen molar-refractivity contribution < 1.29 is 23.7 Å². The topological polar surface area (TPSA) is 127 Å². The van der Waals surface area contributed by atoms with Gasteiger partial charge in [-0.2, -0.15) is 0 Å². The fourth-order valence-corrected chi connectivity index (χ4v) is 3.65. The van der Waals surface area contributed by atoms with E-state index >= 15 is 0 Å². The van der Waals surface area contributed by atoms with Gasteiger partial charge in [0.2, 0.25) is 12.2 Å². The summed E-state index contributed by atoms with van der Waals surface area (Å²) in [5.41, 5.74) is 10.4. The lowest BCUT2D eigenvalue weighted by Crippen LogP contribution is -2.57. The third kappa shape index (κ3) is 7.48. The second-order valence-corrected chi connectivity index (χ2v) is 10.1. The first-order valence-electron chi connectivity index (χ1n) is 10.6. The molecule has 1 aliphatic heterocycles. The molecule has 0 bridgehead atoms. The van der Waals surface area contributed by atoms with Gasteiger partial charge in [0.05, 0.1) is 24.9 Å². The van der Waals surface area contributed by atoms with E-state index in [0.717, 1.165) is 5.56 Å². The lowest BCUT2D eigenvalue weighted by atomic mass is 9.89. The largest absolute Gasteiger partial charge is 0.458 e. The average molecular weight is 542 g/mol. The summed E-state index contributed by atoms with van der Waals surface area (Å²) < 4.78 is 20.8. The van der Waals surface area contributed by atoms with Gasteiger partial charge in [-0.15, -0.1) is 0 Å². The molecule has 186 valence electrons. The van der Waals surface area contributed by atoms with Crippen LogP contribution in [0.25, 0.3) is 10.4 Å². The molecule has 1 heterocycles. The standard InChI is InChI=1S/C23H23Cl3N4O5/c1-14-17(13-32-12-15-8-4-2-5-9-15)33-21(35-22(27)23(24,25)26)18(29-30-28)19(14)34-20(31)16-10-6-3-7-11-16/h2-11,14,17-19,21,27H,12-13H2,1H3/t14-,17?,18?,19-,21-/m0/s1. The molecule has 2 aromatic carbocycles. The summed E-state index contributed by atoms with van der Waals surface area (Å²) in [4.78, 5) is 15.7. The maximum absolute atomic E-state index is 12.8. The number of nitrogens with zero attached hydrogens (tertiary/aromatic N) is 3. The number of alkyl halides is 3. The van der Waals surface area contributed by atoms with Gasteiger partial charge in [-0.25, -0.2) is 4.79 Å². The van der Waals surface area contributed by atoms with E-state index in [1.165, 1.54) is 0 Å². The number of hydrogen-bond donors (Lipinski definition) is 1. The van der Waals surface area contributed by atoms with Crippen molar-refractivity contribution in [3.05, 3.63) is 82.2 Å². The lowest BCUT2D eigenvalue weighted by molar-refractivity contribution is -0.227. The molecule has 0 radical (unpaired) electrons. The molecule has 5 atom stereocenters. The average Bonchev–Trinajstić information content (AvgIpc) is 2.84. The maximum atomic E-state index is 12.8. The van der Waals surface area contributed by atoms with Gasteiger partial charge in [0.15, 0.2) is 0 Å². The maximum Gasteiger partial charge on any atom is 0.338 e. The third-order valence-corrected chi connectivity index (χ3v) is 5.87. The highest BCUT2D eigenvalue weighted by Gasteiger charge is 2.48. The van der Waals surface area contributed by atoms with E-state index in [4.69, 9.17) is 64.7 Å². The number of ether oxygens (including phenoxy) is 4. The highest BCUT2D eigenvalue weighted by Crippen LogP contribution is 2.35. The Bertz CT molecular complexity index is 1050. The van der Waals surface area contributed by atoms with Crippen LogP contribution in [0.4, 0.5) is 0 Å². The normalized spacial score (nSPS) is 24.2. The van der Waals surface area contributed by atoms with Crippen molar-refractivity contribution in [2.24, 2.45) is 11.0 Å². The van der Waals surface area contributed by atoms with Crippen LogP contribution in [0, 0.1) is 11.3 Å². The van der Waals surface area contributed by atoms with Crippen LogP contribution >= 0.6 is 34.8 Å². The van der Waals surface area contributed by atoms with Gasteiger partial charge in [-0.05, 0) is 23.2 Å². The molecule has 1 fully saturated rings. The highest BCUT2D eigenvalue weighted by molar-refractivity contribution is 6.76. The second-order valence-electron chi connectivity index (χ2n) is 7.78. The number of hydrogen-bond acceptors (Lipinski definition) is 7. The molecule has 1 N–H and O–H groups in total. The summed E-state index contributed by atoms with van der Waals surface area (Å²) in [6.07, 6.45) is -3.01. The Kier molecular flexibility index (Phi) is 9.63. The van der Waals surface area contributed by atoms with E-state index in [9.17, 15) is 4.79 Å².